The molecule has 0 fully saturated rings. The molecule has 4 heteroatoms. The minimum Gasteiger partial charge on any atom is -0.207 e. The monoisotopic (exact) mass is 288 g/mol. The molecule has 0 heterocycles. The summed E-state index contributed by atoms with van der Waals surface area (Å²) in [4.78, 5) is 0. The van der Waals surface area contributed by atoms with Crippen molar-refractivity contribution in [3.05, 3.63) is 68.4 Å². The first-order valence-corrected chi connectivity index (χ1v) is 6.07. The zero-order valence-electron chi connectivity index (χ0n) is 8.68. The van der Waals surface area contributed by atoms with Crippen LogP contribution in [0.3, 0.4) is 0 Å². The second-order valence-corrected chi connectivity index (χ2v) is 4.90. The minimum absolute atomic E-state index is 0.346. The molecule has 2 aromatic rings. The first kappa shape index (κ1) is 12.7. The van der Waals surface area contributed by atoms with E-state index in [0.717, 1.165) is 11.1 Å². The third kappa shape index (κ3) is 3.12. The number of hydrogen-bond acceptors (Lipinski definition) is 0. The Morgan fingerprint density at radius 3 is 2.00 bits per heavy atom. The average Bonchev–Trinajstić information content (AvgIpc) is 2.25. The molecule has 0 nitrogen and oxygen atoms in total. The van der Waals surface area contributed by atoms with Gasteiger partial charge in [-0.05, 0) is 35.4 Å². The molecule has 0 aliphatic heterocycles. The molecule has 0 N–H and O–H groups in total. The van der Waals surface area contributed by atoms with Gasteiger partial charge in [0.2, 0.25) is 0 Å². The molecule has 0 spiro atoms. The Kier molecular flexibility index (Phi) is 3.93. The maximum atomic E-state index is 12.9. The van der Waals surface area contributed by atoms with Gasteiger partial charge in [-0.1, -0.05) is 46.9 Å². The largest absolute Gasteiger partial charge is 0.207 e. The van der Waals surface area contributed by atoms with Gasteiger partial charge < -0.3 is 0 Å². The highest BCUT2D eigenvalue weighted by Gasteiger charge is 2.06. The van der Waals surface area contributed by atoms with E-state index in [9.17, 15) is 4.39 Å². The molecule has 0 atom stereocenters. The molecule has 0 saturated heterocycles. The van der Waals surface area contributed by atoms with E-state index in [-0.39, 0.29) is 5.82 Å². The summed E-state index contributed by atoms with van der Waals surface area (Å²) < 4.78 is 12.9. The Hall–Kier alpha value is -0.760. The predicted octanol–water partition coefficient (Wildman–Crippen LogP) is 5.38. The standard InChI is InChI=1S/C13H8Cl3F/c14-10-3-1-8(12(15)6-10)5-9-2-4-11(17)7-13(9)16/h1-4,6-7H,5H2. The fraction of sp³-hybridized carbons (Fsp3) is 0.0769. The molecule has 2 rings (SSSR count). The fourth-order valence-corrected chi connectivity index (χ4v) is 2.24. The van der Waals surface area contributed by atoms with E-state index >= 15 is 0 Å². The van der Waals surface area contributed by atoms with Crippen molar-refractivity contribution in [3.63, 3.8) is 0 Å². The third-order valence-corrected chi connectivity index (χ3v) is 3.35. The molecule has 0 unspecified atom stereocenters. The van der Waals surface area contributed by atoms with Crippen molar-refractivity contribution in [1.29, 1.82) is 0 Å². The number of hydrogen-bond donors (Lipinski definition) is 0. The first-order valence-electron chi connectivity index (χ1n) is 4.94. The molecule has 0 amide bonds. The summed E-state index contributed by atoms with van der Waals surface area (Å²) in [6.45, 7) is 0. The van der Waals surface area contributed by atoms with Gasteiger partial charge in [-0.3, -0.25) is 0 Å². The van der Waals surface area contributed by atoms with Gasteiger partial charge in [0.1, 0.15) is 5.82 Å². The van der Waals surface area contributed by atoms with Gasteiger partial charge in [-0.15, -0.1) is 0 Å². The van der Waals surface area contributed by atoms with Crippen LogP contribution in [-0.4, -0.2) is 0 Å². The molecule has 0 bridgehead atoms. The number of benzene rings is 2. The summed E-state index contributed by atoms with van der Waals surface area (Å²) in [6, 6.07) is 9.61. The van der Waals surface area contributed by atoms with Gasteiger partial charge in [0.15, 0.2) is 0 Å². The van der Waals surface area contributed by atoms with Crippen LogP contribution in [0.4, 0.5) is 4.39 Å². The van der Waals surface area contributed by atoms with Crippen LogP contribution in [0, 0.1) is 5.82 Å². The lowest BCUT2D eigenvalue weighted by atomic mass is 10.0. The van der Waals surface area contributed by atoms with Crippen LogP contribution in [0.5, 0.6) is 0 Å². The van der Waals surface area contributed by atoms with Gasteiger partial charge in [-0.2, -0.15) is 0 Å². The minimum atomic E-state index is -0.346. The van der Waals surface area contributed by atoms with Gasteiger partial charge in [-0.25, -0.2) is 4.39 Å². The van der Waals surface area contributed by atoms with E-state index in [1.54, 1.807) is 18.2 Å². The average molecular weight is 290 g/mol. The SMILES string of the molecule is Fc1ccc(Cc2ccc(Cl)cc2Cl)c(Cl)c1. The van der Waals surface area contributed by atoms with Crippen LogP contribution in [0.25, 0.3) is 0 Å². The van der Waals surface area contributed by atoms with Crippen LogP contribution in [0.1, 0.15) is 11.1 Å². The smallest absolute Gasteiger partial charge is 0.124 e. The van der Waals surface area contributed by atoms with E-state index in [1.807, 2.05) is 6.07 Å². The molecule has 0 aliphatic carbocycles. The molecular formula is C13H8Cl3F. The molecule has 0 radical (unpaired) electrons. The van der Waals surface area contributed by atoms with E-state index < -0.39 is 0 Å². The molecule has 2 aromatic carbocycles. The van der Waals surface area contributed by atoms with Crippen molar-refractivity contribution >= 4 is 34.8 Å². The van der Waals surface area contributed by atoms with E-state index in [2.05, 4.69) is 0 Å². The molecule has 0 saturated carbocycles. The molecular weight excluding hydrogens is 281 g/mol. The normalized spacial score (nSPS) is 10.6. The van der Waals surface area contributed by atoms with Crippen molar-refractivity contribution < 1.29 is 4.39 Å². The highest BCUT2D eigenvalue weighted by Crippen LogP contribution is 2.26. The highest BCUT2D eigenvalue weighted by molar-refractivity contribution is 6.35. The Bertz CT molecular complexity index is 503. The summed E-state index contributed by atoms with van der Waals surface area (Å²) in [5.41, 5.74) is 1.74. The molecule has 17 heavy (non-hydrogen) atoms. The Morgan fingerprint density at radius 2 is 1.41 bits per heavy atom. The van der Waals surface area contributed by atoms with Crippen molar-refractivity contribution in [2.75, 3.05) is 0 Å². The lowest BCUT2D eigenvalue weighted by Crippen LogP contribution is -1.91. The fourth-order valence-electron chi connectivity index (χ4n) is 1.54. The predicted molar refractivity (Wildman–Crippen MR) is 70.7 cm³/mol. The summed E-state index contributed by atoms with van der Waals surface area (Å²) in [5.74, 6) is -0.346. The van der Waals surface area contributed by atoms with Crippen LogP contribution >= 0.6 is 34.8 Å². The maximum absolute atomic E-state index is 12.9. The topological polar surface area (TPSA) is 0 Å². The highest BCUT2D eigenvalue weighted by atomic mass is 35.5. The van der Waals surface area contributed by atoms with Crippen LogP contribution in [0.2, 0.25) is 15.1 Å². The summed E-state index contributed by atoms with van der Waals surface area (Å²) in [6.07, 6.45) is 0.551. The quantitative estimate of drug-likeness (QED) is 0.696. The van der Waals surface area contributed by atoms with Crippen molar-refractivity contribution in [2.24, 2.45) is 0 Å². The third-order valence-electron chi connectivity index (χ3n) is 2.41. The Labute approximate surface area is 114 Å². The number of rotatable bonds is 2. The molecule has 88 valence electrons. The molecule has 0 aliphatic rings. The van der Waals surface area contributed by atoms with E-state index in [1.165, 1.54) is 12.1 Å². The number of halogens is 4. The lowest BCUT2D eigenvalue weighted by Gasteiger charge is -2.07. The van der Waals surface area contributed by atoms with Crippen molar-refractivity contribution in [3.8, 4) is 0 Å². The van der Waals surface area contributed by atoms with Crippen LogP contribution < -0.4 is 0 Å². The lowest BCUT2D eigenvalue weighted by molar-refractivity contribution is 0.627. The van der Waals surface area contributed by atoms with Gasteiger partial charge >= 0.3 is 0 Å². The summed E-state index contributed by atoms with van der Waals surface area (Å²) >= 11 is 17.8. The van der Waals surface area contributed by atoms with Crippen LogP contribution in [-0.2, 0) is 6.42 Å². The first-order chi connectivity index (χ1) is 8.06. The Morgan fingerprint density at radius 1 is 0.824 bits per heavy atom. The second kappa shape index (κ2) is 5.26. The van der Waals surface area contributed by atoms with E-state index in [4.69, 9.17) is 34.8 Å². The van der Waals surface area contributed by atoms with Gasteiger partial charge in [0.25, 0.3) is 0 Å². The summed E-state index contributed by atoms with van der Waals surface area (Å²) in [5, 5.41) is 1.57. The zero-order chi connectivity index (χ0) is 12.4. The van der Waals surface area contributed by atoms with E-state index in [0.29, 0.717) is 21.5 Å². The van der Waals surface area contributed by atoms with Gasteiger partial charge in [0, 0.05) is 21.5 Å². The van der Waals surface area contributed by atoms with Crippen LogP contribution in [0.15, 0.2) is 36.4 Å². The van der Waals surface area contributed by atoms with Gasteiger partial charge in [0.05, 0.1) is 0 Å². The maximum Gasteiger partial charge on any atom is 0.124 e. The zero-order valence-corrected chi connectivity index (χ0v) is 11.0. The second-order valence-electron chi connectivity index (χ2n) is 3.65. The summed E-state index contributed by atoms with van der Waals surface area (Å²) in [7, 11) is 0. The molecule has 0 aromatic heterocycles. The van der Waals surface area contributed by atoms with Crippen molar-refractivity contribution in [2.45, 2.75) is 6.42 Å². The Balaban J connectivity index is 2.31. The van der Waals surface area contributed by atoms with Crippen molar-refractivity contribution in [1.82, 2.24) is 0 Å².